The smallest absolute Gasteiger partial charge is 0.143 e. The van der Waals surface area contributed by atoms with Crippen molar-refractivity contribution in [3.8, 4) is 0 Å². The molecule has 0 atom stereocenters. The lowest BCUT2D eigenvalue weighted by atomic mass is 10.2. The van der Waals surface area contributed by atoms with Crippen molar-refractivity contribution in [3.63, 3.8) is 0 Å². The summed E-state index contributed by atoms with van der Waals surface area (Å²) in [5, 5.41) is 6.62. The first-order chi connectivity index (χ1) is 10.7. The molecule has 4 aromatic rings. The van der Waals surface area contributed by atoms with Crippen LogP contribution < -0.4 is 4.90 Å². The highest BCUT2D eigenvalue weighted by Gasteiger charge is 2.14. The van der Waals surface area contributed by atoms with Crippen LogP contribution in [0.3, 0.4) is 0 Å². The predicted molar refractivity (Wildman–Crippen MR) is 86.7 cm³/mol. The first-order valence-electron chi connectivity index (χ1n) is 7.13. The molecule has 0 saturated carbocycles. The van der Waals surface area contributed by atoms with E-state index >= 15 is 0 Å². The molecule has 0 unspecified atom stereocenters. The molecule has 4 rings (SSSR count). The summed E-state index contributed by atoms with van der Waals surface area (Å²) < 4.78 is 1.81. The van der Waals surface area contributed by atoms with Crippen LogP contribution in [0.15, 0.2) is 42.9 Å². The number of aromatic amines is 1. The highest BCUT2D eigenvalue weighted by Crippen LogP contribution is 2.30. The van der Waals surface area contributed by atoms with Crippen LogP contribution in [0.25, 0.3) is 21.9 Å². The van der Waals surface area contributed by atoms with Gasteiger partial charge in [0.25, 0.3) is 0 Å². The Morgan fingerprint density at radius 1 is 1.18 bits per heavy atom. The number of rotatable bonds is 3. The number of nitrogens with one attached hydrogen (secondary N) is 1. The first kappa shape index (κ1) is 12.8. The van der Waals surface area contributed by atoms with E-state index in [4.69, 9.17) is 0 Å². The Bertz CT molecular complexity index is 952. The van der Waals surface area contributed by atoms with E-state index in [1.807, 2.05) is 43.2 Å². The molecule has 0 fully saturated rings. The molecule has 0 saturated heterocycles. The molecule has 0 spiro atoms. The third kappa shape index (κ3) is 2.00. The fourth-order valence-electron chi connectivity index (χ4n) is 2.81. The Balaban J connectivity index is 1.83. The van der Waals surface area contributed by atoms with E-state index in [0.717, 1.165) is 33.4 Å². The van der Waals surface area contributed by atoms with Crippen molar-refractivity contribution in [2.75, 3.05) is 11.9 Å². The van der Waals surface area contributed by atoms with Gasteiger partial charge in [-0.3, -0.25) is 4.68 Å². The van der Waals surface area contributed by atoms with Gasteiger partial charge in [-0.2, -0.15) is 5.10 Å². The van der Waals surface area contributed by atoms with Gasteiger partial charge in [-0.1, -0.05) is 18.2 Å². The second-order valence-corrected chi connectivity index (χ2v) is 5.43. The van der Waals surface area contributed by atoms with Gasteiger partial charge >= 0.3 is 0 Å². The maximum absolute atomic E-state index is 4.49. The Morgan fingerprint density at radius 2 is 2.05 bits per heavy atom. The van der Waals surface area contributed by atoms with E-state index in [0.29, 0.717) is 6.54 Å². The van der Waals surface area contributed by atoms with E-state index in [1.165, 1.54) is 0 Å². The summed E-state index contributed by atoms with van der Waals surface area (Å²) in [6.45, 7) is 0.701. The number of nitrogens with zero attached hydrogens (tertiary/aromatic N) is 5. The van der Waals surface area contributed by atoms with E-state index in [9.17, 15) is 0 Å². The van der Waals surface area contributed by atoms with Gasteiger partial charge in [0, 0.05) is 31.2 Å². The number of anilines is 1. The molecule has 3 heterocycles. The Morgan fingerprint density at radius 3 is 2.86 bits per heavy atom. The fraction of sp³-hybridized carbons (Fsp3) is 0.188. The zero-order valence-corrected chi connectivity index (χ0v) is 12.5. The van der Waals surface area contributed by atoms with E-state index in [2.05, 4.69) is 37.1 Å². The zero-order chi connectivity index (χ0) is 15.1. The maximum atomic E-state index is 4.49. The van der Waals surface area contributed by atoms with Crippen LogP contribution in [0.4, 0.5) is 5.82 Å². The molecule has 6 heteroatoms. The molecule has 0 aliphatic heterocycles. The first-order valence-corrected chi connectivity index (χ1v) is 7.13. The van der Waals surface area contributed by atoms with E-state index in [1.54, 1.807) is 6.33 Å². The SMILES string of the molecule is CN(Cc1ccn(C)n1)c1ncnc2[nH]c3ccccc3c12. The highest BCUT2D eigenvalue weighted by atomic mass is 15.3. The summed E-state index contributed by atoms with van der Waals surface area (Å²) >= 11 is 0. The van der Waals surface area contributed by atoms with Crippen LogP contribution in [-0.4, -0.2) is 31.8 Å². The van der Waals surface area contributed by atoms with Crippen molar-refractivity contribution in [2.24, 2.45) is 7.05 Å². The molecule has 22 heavy (non-hydrogen) atoms. The number of benzene rings is 1. The summed E-state index contributed by atoms with van der Waals surface area (Å²) in [7, 11) is 3.95. The van der Waals surface area contributed by atoms with Gasteiger partial charge in [0.1, 0.15) is 17.8 Å². The number of hydrogen-bond acceptors (Lipinski definition) is 4. The average molecular weight is 292 g/mol. The topological polar surface area (TPSA) is 62.6 Å². The third-order valence-corrected chi connectivity index (χ3v) is 3.81. The van der Waals surface area contributed by atoms with Crippen LogP contribution in [0.5, 0.6) is 0 Å². The summed E-state index contributed by atoms with van der Waals surface area (Å²) in [5.41, 5.74) is 2.95. The summed E-state index contributed by atoms with van der Waals surface area (Å²) in [6, 6.07) is 10.2. The van der Waals surface area contributed by atoms with Crippen LogP contribution in [0.1, 0.15) is 5.69 Å². The number of fused-ring (bicyclic) bond motifs is 3. The van der Waals surface area contributed by atoms with Gasteiger partial charge in [0.2, 0.25) is 0 Å². The number of para-hydroxylation sites is 1. The Hall–Kier alpha value is -2.89. The fourth-order valence-corrected chi connectivity index (χ4v) is 2.81. The molecule has 0 bridgehead atoms. The maximum Gasteiger partial charge on any atom is 0.143 e. The van der Waals surface area contributed by atoms with Gasteiger partial charge in [-0.25, -0.2) is 9.97 Å². The van der Waals surface area contributed by atoms with Gasteiger partial charge in [0.15, 0.2) is 0 Å². The summed E-state index contributed by atoms with van der Waals surface area (Å²) in [5.74, 6) is 0.910. The molecule has 3 aromatic heterocycles. The standard InChI is InChI=1S/C16H16N6/c1-21(9-11-7-8-22(2)20-11)16-14-12-5-3-4-6-13(12)19-15(14)17-10-18-16/h3-8,10H,9H2,1-2H3,(H,17,18,19). The number of hydrogen-bond donors (Lipinski definition) is 1. The largest absolute Gasteiger partial charge is 0.353 e. The summed E-state index contributed by atoms with van der Waals surface area (Å²) in [6.07, 6.45) is 3.55. The quantitative estimate of drug-likeness (QED) is 0.630. The monoisotopic (exact) mass is 292 g/mol. The molecule has 6 nitrogen and oxygen atoms in total. The normalized spacial score (nSPS) is 11.4. The van der Waals surface area contributed by atoms with Crippen molar-refractivity contribution in [2.45, 2.75) is 6.54 Å². The average Bonchev–Trinajstić information content (AvgIpc) is 3.10. The van der Waals surface area contributed by atoms with Crippen LogP contribution in [-0.2, 0) is 13.6 Å². The van der Waals surface area contributed by atoms with Gasteiger partial charge in [0.05, 0.1) is 17.6 Å². The Labute approximate surface area is 127 Å². The second kappa shape index (κ2) is 4.84. The lowest BCUT2D eigenvalue weighted by Crippen LogP contribution is -2.18. The molecule has 0 aliphatic carbocycles. The van der Waals surface area contributed by atoms with Crippen LogP contribution in [0, 0.1) is 0 Å². The number of aromatic nitrogens is 5. The zero-order valence-electron chi connectivity index (χ0n) is 12.5. The predicted octanol–water partition coefficient (Wildman–Crippen LogP) is 2.48. The molecule has 1 aromatic carbocycles. The number of aryl methyl sites for hydroxylation is 1. The lowest BCUT2D eigenvalue weighted by Gasteiger charge is -2.17. The van der Waals surface area contributed by atoms with Crippen molar-refractivity contribution < 1.29 is 0 Å². The second-order valence-electron chi connectivity index (χ2n) is 5.43. The van der Waals surface area contributed by atoms with Crippen molar-refractivity contribution in [1.29, 1.82) is 0 Å². The highest BCUT2D eigenvalue weighted by molar-refractivity contribution is 6.11. The minimum Gasteiger partial charge on any atom is -0.353 e. The molecule has 0 aliphatic rings. The summed E-state index contributed by atoms with van der Waals surface area (Å²) in [4.78, 5) is 14.3. The minimum absolute atomic E-state index is 0.701. The van der Waals surface area contributed by atoms with Crippen molar-refractivity contribution in [1.82, 2.24) is 24.7 Å². The van der Waals surface area contributed by atoms with Gasteiger partial charge in [-0.15, -0.1) is 0 Å². The molecular weight excluding hydrogens is 276 g/mol. The third-order valence-electron chi connectivity index (χ3n) is 3.81. The number of H-pyrrole nitrogens is 1. The molecular formula is C16H16N6. The van der Waals surface area contributed by atoms with E-state index < -0.39 is 0 Å². The van der Waals surface area contributed by atoms with Crippen molar-refractivity contribution >= 4 is 27.8 Å². The Kier molecular flexibility index (Phi) is 2.82. The van der Waals surface area contributed by atoms with E-state index in [-0.39, 0.29) is 0 Å². The van der Waals surface area contributed by atoms with Gasteiger partial charge in [-0.05, 0) is 12.1 Å². The minimum atomic E-state index is 0.701. The molecule has 1 N–H and O–H groups in total. The van der Waals surface area contributed by atoms with Crippen LogP contribution in [0.2, 0.25) is 0 Å². The molecule has 0 amide bonds. The molecule has 110 valence electrons. The van der Waals surface area contributed by atoms with Crippen LogP contribution >= 0.6 is 0 Å². The lowest BCUT2D eigenvalue weighted by molar-refractivity contribution is 0.733. The van der Waals surface area contributed by atoms with Gasteiger partial charge < -0.3 is 9.88 Å². The van der Waals surface area contributed by atoms with Crippen molar-refractivity contribution in [3.05, 3.63) is 48.5 Å². The molecule has 0 radical (unpaired) electrons.